The zero-order chi connectivity index (χ0) is 11.5. The number of rotatable bonds is 3. The molecular formula is C11H12N2O3. The van der Waals surface area contributed by atoms with Crippen molar-refractivity contribution in [3.8, 4) is 0 Å². The first-order chi connectivity index (χ1) is 7.72. The fraction of sp³-hybridized carbons (Fsp3) is 0.364. The largest absolute Gasteiger partial charge is 0.360 e. The standard InChI is InChI=1S/C11H12N2O3/c14-7-10(15)9-2-1-5-13(9)8-3-4-11(16)12-6-8/h3-4,6-7,9H,1-2,5H2,(H,12,16). The molecule has 1 aliphatic rings. The van der Waals surface area contributed by atoms with E-state index in [9.17, 15) is 14.4 Å². The van der Waals surface area contributed by atoms with Crippen LogP contribution in [0.15, 0.2) is 23.1 Å². The molecule has 5 heteroatoms. The summed E-state index contributed by atoms with van der Waals surface area (Å²) in [6.45, 7) is 0.732. The maximum absolute atomic E-state index is 11.4. The summed E-state index contributed by atoms with van der Waals surface area (Å²) in [5.74, 6) is -0.399. The molecule has 0 radical (unpaired) electrons. The van der Waals surface area contributed by atoms with Gasteiger partial charge in [-0.25, -0.2) is 0 Å². The molecule has 0 saturated carbocycles. The molecule has 2 heterocycles. The van der Waals surface area contributed by atoms with Gasteiger partial charge in [0.15, 0.2) is 6.29 Å². The number of Topliss-reactive ketones (excluding diaryl/α,β-unsaturated/α-hetero) is 1. The molecular weight excluding hydrogens is 208 g/mol. The van der Waals surface area contributed by atoms with Crippen LogP contribution in [0.5, 0.6) is 0 Å². The Bertz CT molecular complexity index is 446. The zero-order valence-corrected chi connectivity index (χ0v) is 8.68. The molecule has 0 bridgehead atoms. The summed E-state index contributed by atoms with van der Waals surface area (Å²) in [5.41, 5.74) is 0.596. The molecule has 1 unspecified atom stereocenters. The number of aromatic amines is 1. The van der Waals surface area contributed by atoms with Crippen molar-refractivity contribution >= 4 is 17.8 Å². The number of anilines is 1. The number of hydrogen-bond donors (Lipinski definition) is 1. The lowest BCUT2D eigenvalue weighted by molar-refractivity contribution is -0.130. The van der Waals surface area contributed by atoms with Crippen molar-refractivity contribution in [1.82, 2.24) is 4.98 Å². The van der Waals surface area contributed by atoms with E-state index in [0.29, 0.717) is 12.7 Å². The molecule has 2 rings (SSSR count). The highest BCUT2D eigenvalue weighted by Crippen LogP contribution is 2.24. The van der Waals surface area contributed by atoms with Crippen LogP contribution in [0.1, 0.15) is 12.8 Å². The Hall–Kier alpha value is -1.91. The van der Waals surface area contributed by atoms with Gasteiger partial charge in [-0.05, 0) is 18.9 Å². The summed E-state index contributed by atoms with van der Waals surface area (Å²) in [4.78, 5) is 37.2. The number of carbonyl (C=O) groups excluding carboxylic acids is 2. The Kier molecular flexibility index (Phi) is 2.85. The Labute approximate surface area is 92.1 Å². The van der Waals surface area contributed by atoms with E-state index in [1.165, 1.54) is 6.07 Å². The molecule has 1 aliphatic heterocycles. The van der Waals surface area contributed by atoms with Gasteiger partial charge in [-0.1, -0.05) is 0 Å². The fourth-order valence-corrected chi connectivity index (χ4v) is 2.03. The molecule has 0 aliphatic carbocycles. The highest BCUT2D eigenvalue weighted by atomic mass is 16.2. The van der Waals surface area contributed by atoms with Gasteiger partial charge in [-0.2, -0.15) is 0 Å². The lowest BCUT2D eigenvalue weighted by atomic mass is 10.1. The Morgan fingerprint density at radius 2 is 2.31 bits per heavy atom. The molecule has 1 aromatic heterocycles. The van der Waals surface area contributed by atoms with Gasteiger partial charge in [-0.3, -0.25) is 14.4 Å². The van der Waals surface area contributed by atoms with Gasteiger partial charge in [-0.15, -0.1) is 0 Å². The smallest absolute Gasteiger partial charge is 0.248 e. The van der Waals surface area contributed by atoms with Gasteiger partial charge in [0, 0.05) is 18.8 Å². The number of H-pyrrole nitrogens is 1. The van der Waals surface area contributed by atoms with Crippen molar-refractivity contribution < 1.29 is 9.59 Å². The van der Waals surface area contributed by atoms with Gasteiger partial charge >= 0.3 is 0 Å². The van der Waals surface area contributed by atoms with Gasteiger partial charge in [0.25, 0.3) is 0 Å². The van der Waals surface area contributed by atoms with Crippen LogP contribution in [0.3, 0.4) is 0 Å². The second-order valence-corrected chi connectivity index (χ2v) is 3.78. The van der Waals surface area contributed by atoms with Crippen LogP contribution in [-0.4, -0.2) is 29.6 Å². The lowest BCUT2D eigenvalue weighted by Crippen LogP contribution is -2.36. The van der Waals surface area contributed by atoms with Crippen molar-refractivity contribution in [1.29, 1.82) is 0 Å². The number of hydrogen-bond acceptors (Lipinski definition) is 4. The highest BCUT2D eigenvalue weighted by molar-refractivity contribution is 6.28. The number of nitrogens with zero attached hydrogens (tertiary/aromatic N) is 1. The van der Waals surface area contributed by atoms with Crippen molar-refractivity contribution in [2.75, 3.05) is 11.4 Å². The Morgan fingerprint density at radius 1 is 1.50 bits per heavy atom. The first kappa shape index (κ1) is 10.6. The molecule has 0 aromatic carbocycles. The van der Waals surface area contributed by atoms with Crippen LogP contribution in [0.25, 0.3) is 0 Å². The average Bonchev–Trinajstić information content (AvgIpc) is 2.78. The number of ketones is 1. The summed E-state index contributed by atoms with van der Waals surface area (Å²) < 4.78 is 0. The number of pyridine rings is 1. The molecule has 0 amide bonds. The molecule has 1 N–H and O–H groups in total. The third-order valence-electron chi connectivity index (χ3n) is 2.80. The monoisotopic (exact) mass is 220 g/mol. The van der Waals surface area contributed by atoms with Crippen molar-refractivity contribution in [3.63, 3.8) is 0 Å². The van der Waals surface area contributed by atoms with E-state index >= 15 is 0 Å². The van der Waals surface area contributed by atoms with Gasteiger partial charge in [0.05, 0.1) is 11.7 Å². The second kappa shape index (κ2) is 4.30. The maximum Gasteiger partial charge on any atom is 0.248 e. The fourth-order valence-electron chi connectivity index (χ4n) is 2.03. The summed E-state index contributed by atoms with van der Waals surface area (Å²) in [5, 5.41) is 0. The number of aldehydes is 1. The molecule has 5 nitrogen and oxygen atoms in total. The van der Waals surface area contributed by atoms with Crippen LogP contribution in [-0.2, 0) is 9.59 Å². The van der Waals surface area contributed by atoms with E-state index in [0.717, 1.165) is 18.7 Å². The van der Waals surface area contributed by atoms with E-state index in [2.05, 4.69) is 4.98 Å². The number of nitrogens with one attached hydrogen (secondary N) is 1. The molecule has 16 heavy (non-hydrogen) atoms. The predicted octanol–water partition coefficient (Wildman–Crippen LogP) is 0.112. The van der Waals surface area contributed by atoms with E-state index in [1.54, 1.807) is 12.3 Å². The first-order valence-electron chi connectivity index (χ1n) is 5.17. The van der Waals surface area contributed by atoms with Crippen LogP contribution < -0.4 is 10.5 Å². The predicted molar refractivity (Wildman–Crippen MR) is 58.5 cm³/mol. The third-order valence-corrected chi connectivity index (χ3v) is 2.80. The van der Waals surface area contributed by atoms with Gasteiger partial charge < -0.3 is 9.88 Å². The first-order valence-corrected chi connectivity index (χ1v) is 5.17. The molecule has 1 atom stereocenters. The van der Waals surface area contributed by atoms with Gasteiger partial charge in [0.1, 0.15) is 0 Å². The minimum absolute atomic E-state index is 0.179. The summed E-state index contributed by atoms with van der Waals surface area (Å²) in [6.07, 6.45) is 3.51. The molecule has 1 fully saturated rings. The summed E-state index contributed by atoms with van der Waals surface area (Å²) in [6, 6.07) is 2.70. The zero-order valence-electron chi connectivity index (χ0n) is 8.68. The van der Waals surface area contributed by atoms with Crippen LogP contribution in [0.2, 0.25) is 0 Å². The van der Waals surface area contributed by atoms with E-state index in [-0.39, 0.29) is 11.6 Å². The van der Waals surface area contributed by atoms with E-state index < -0.39 is 5.78 Å². The molecule has 84 valence electrons. The van der Waals surface area contributed by atoms with Crippen molar-refractivity contribution in [2.24, 2.45) is 0 Å². The molecule has 0 spiro atoms. The summed E-state index contributed by atoms with van der Waals surface area (Å²) in [7, 11) is 0. The quantitative estimate of drug-likeness (QED) is 0.580. The maximum atomic E-state index is 11.4. The molecule has 1 saturated heterocycles. The van der Waals surface area contributed by atoms with Crippen LogP contribution in [0.4, 0.5) is 5.69 Å². The minimum atomic E-state index is -0.399. The van der Waals surface area contributed by atoms with E-state index in [4.69, 9.17) is 0 Å². The third kappa shape index (κ3) is 1.88. The van der Waals surface area contributed by atoms with Crippen molar-refractivity contribution in [3.05, 3.63) is 28.7 Å². The Balaban J connectivity index is 2.26. The Morgan fingerprint density at radius 3 is 2.94 bits per heavy atom. The second-order valence-electron chi connectivity index (χ2n) is 3.78. The minimum Gasteiger partial charge on any atom is -0.360 e. The van der Waals surface area contributed by atoms with Crippen LogP contribution in [0, 0.1) is 0 Å². The number of carbonyl (C=O) groups is 2. The topological polar surface area (TPSA) is 70.2 Å². The average molecular weight is 220 g/mol. The molecule has 1 aromatic rings. The summed E-state index contributed by atoms with van der Waals surface area (Å²) >= 11 is 0. The van der Waals surface area contributed by atoms with Gasteiger partial charge in [0.2, 0.25) is 11.3 Å². The number of aromatic nitrogens is 1. The SMILES string of the molecule is O=CC(=O)C1CCCN1c1ccc(=O)[nH]c1. The van der Waals surface area contributed by atoms with E-state index in [1.807, 2.05) is 4.90 Å². The normalized spacial score (nSPS) is 19.8. The highest BCUT2D eigenvalue weighted by Gasteiger charge is 2.30. The van der Waals surface area contributed by atoms with Crippen LogP contribution >= 0.6 is 0 Å². The lowest BCUT2D eigenvalue weighted by Gasteiger charge is -2.23. The van der Waals surface area contributed by atoms with Crippen molar-refractivity contribution in [2.45, 2.75) is 18.9 Å².